The van der Waals surface area contributed by atoms with Crippen LogP contribution < -0.4 is 5.32 Å². The minimum Gasteiger partial charge on any atom is -0.464 e. The smallest absolute Gasteiger partial charge is 0.464 e. The number of halogens is 1. The zero-order valence-corrected chi connectivity index (χ0v) is 18.8. The average Bonchev–Trinajstić information content (AvgIpc) is 3.24. The van der Waals surface area contributed by atoms with E-state index >= 15 is 0 Å². The van der Waals surface area contributed by atoms with Gasteiger partial charge in [-0.3, -0.25) is 4.79 Å². The molecule has 1 amide bonds. The Morgan fingerprint density at radius 2 is 2.03 bits per heavy atom. The number of rotatable bonds is 5. The summed E-state index contributed by atoms with van der Waals surface area (Å²) < 4.78 is 19.0. The zero-order valence-electron chi connectivity index (χ0n) is 18.0. The summed E-state index contributed by atoms with van der Waals surface area (Å²) in [5, 5.41) is 4.08. The molecular weight excluding hydrogens is 401 g/mol. The van der Waals surface area contributed by atoms with Crippen molar-refractivity contribution in [3.63, 3.8) is 0 Å². The Kier molecular flexibility index (Phi) is 4.59. The predicted octanol–water partition coefficient (Wildman–Crippen LogP) is 4.36. The SMILES string of the molecule is CC1(C)[C@H]2C[C@@H]1[C@]1(C)OB([C@H](Cc3coc4ccccc34)NC(=O)CCl)O[C@]1(C)C2. The molecule has 4 aliphatic rings. The van der Waals surface area contributed by atoms with Crippen molar-refractivity contribution in [2.24, 2.45) is 17.3 Å². The molecule has 30 heavy (non-hydrogen) atoms. The molecule has 2 aromatic rings. The maximum atomic E-state index is 12.2. The second kappa shape index (κ2) is 6.75. The van der Waals surface area contributed by atoms with Gasteiger partial charge in [0.15, 0.2) is 0 Å². The quantitative estimate of drug-likeness (QED) is 0.567. The van der Waals surface area contributed by atoms with Crippen LogP contribution in [0.2, 0.25) is 0 Å². The van der Waals surface area contributed by atoms with Gasteiger partial charge in [0.2, 0.25) is 5.91 Å². The highest BCUT2D eigenvalue weighted by molar-refractivity contribution is 6.48. The van der Waals surface area contributed by atoms with Crippen molar-refractivity contribution in [1.82, 2.24) is 5.32 Å². The Balaban J connectivity index is 1.45. The number of hydrogen-bond acceptors (Lipinski definition) is 4. The number of alkyl halides is 1. The molecule has 3 saturated carbocycles. The van der Waals surface area contributed by atoms with E-state index in [1.54, 1.807) is 6.26 Å². The summed E-state index contributed by atoms with van der Waals surface area (Å²) in [5.74, 6) is 0.421. The van der Waals surface area contributed by atoms with Crippen molar-refractivity contribution in [2.45, 2.75) is 64.1 Å². The summed E-state index contributed by atoms with van der Waals surface area (Å²) in [5.41, 5.74) is 1.37. The molecule has 4 fully saturated rings. The molecule has 6 rings (SSSR count). The van der Waals surface area contributed by atoms with Gasteiger partial charge in [-0.05, 0) is 62.0 Å². The topological polar surface area (TPSA) is 60.7 Å². The van der Waals surface area contributed by atoms with E-state index < -0.39 is 7.12 Å². The van der Waals surface area contributed by atoms with E-state index in [0.29, 0.717) is 18.3 Å². The third-order valence-electron chi connectivity index (χ3n) is 8.36. The Morgan fingerprint density at radius 1 is 1.27 bits per heavy atom. The Hall–Kier alpha value is -1.50. The number of carbonyl (C=O) groups is 1. The largest absolute Gasteiger partial charge is 0.482 e. The third-order valence-corrected chi connectivity index (χ3v) is 8.60. The summed E-state index contributed by atoms with van der Waals surface area (Å²) in [6.07, 6.45) is 4.47. The summed E-state index contributed by atoms with van der Waals surface area (Å²) in [6, 6.07) is 7.92. The fourth-order valence-corrected chi connectivity index (χ4v) is 6.36. The van der Waals surface area contributed by atoms with Crippen LogP contribution in [0.3, 0.4) is 0 Å². The Labute approximate surface area is 182 Å². The minimum absolute atomic E-state index is 0.0956. The van der Waals surface area contributed by atoms with Crippen LogP contribution in [-0.4, -0.2) is 36.0 Å². The summed E-state index contributed by atoms with van der Waals surface area (Å²) in [4.78, 5) is 12.2. The molecule has 0 unspecified atom stereocenters. The van der Waals surface area contributed by atoms with Crippen molar-refractivity contribution in [3.05, 3.63) is 36.1 Å². The van der Waals surface area contributed by atoms with E-state index in [1.807, 2.05) is 24.3 Å². The van der Waals surface area contributed by atoms with Gasteiger partial charge in [-0.25, -0.2) is 0 Å². The lowest BCUT2D eigenvalue weighted by molar-refractivity contribution is -0.235. The fraction of sp³-hybridized carbons (Fsp3) is 0.609. The maximum Gasteiger partial charge on any atom is 0.482 e. The van der Waals surface area contributed by atoms with Crippen molar-refractivity contribution >= 4 is 35.6 Å². The molecule has 0 spiro atoms. The molecule has 3 aliphatic carbocycles. The molecule has 1 aromatic heterocycles. The number of nitrogens with one attached hydrogen (secondary N) is 1. The molecule has 7 heteroatoms. The van der Waals surface area contributed by atoms with Crippen LogP contribution in [0, 0.1) is 17.3 Å². The van der Waals surface area contributed by atoms with E-state index in [1.165, 1.54) is 6.42 Å². The second-order valence-corrected chi connectivity index (χ2v) is 10.5. The first kappa shape index (κ1) is 20.4. The molecule has 1 aliphatic heterocycles. The molecule has 5 atom stereocenters. The molecule has 5 nitrogen and oxygen atoms in total. The van der Waals surface area contributed by atoms with Crippen molar-refractivity contribution < 1.29 is 18.5 Å². The van der Waals surface area contributed by atoms with Gasteiger partial charge in [0, 0.05) is 5.39 Å². The van der Waals surface area contributed by atoms with Gasteiger partial charge < -0.3 is 19.0 Å². The van der Waals surface area contributed by atoms with E-state index in [-0.39, 0.29) is 34.3 Å². The molecule has 1 N–H and O–H groups in total. The third kappa shape index (κ3) is 2.80. The van der Waals surface area contributed by atoms with Crippen LogP contribution in [0.15, 0.2) is 34.9 Å². The number of furan rings is 1. The second-order valence-electron chi connectivity index (χ2n) is 10.2. The number of carbonyl (C=O) groups excluding carboxylic acids is 1. The van der Waals surface area contributed by atoms with Gasteiger partial charge in [0.25, 0.3) is 0 Å². The fourth-order valence-electron chi connectivity index (χ4n) is 6.28. The van der Waals surface area contributed by atoms with Crippen molar-refractivity contribution in [3.8, 4) is 0 Å². The maximum absolute atomic E-state index is 12.2. The first-order valence-electron chi connectivity index (χ1n) is 10.8. The Bertz CT molecular complexity index is 992. The predicted molar refractivity (Wildman–Crippen MR) is 117 cm³/mol. The van der Waals surface area contributed by atoms with Crippen LogP contribution >= 0.6 is 11.6 Å². The lowest BCUT2D eigenvalue weighted by Gasteiger charge is -2.67. The van der Waals surface area contributed by atoms with Crippen LogP contribution in [-0.2, 0) is 20.5 Å². The standard InChI is InChI=1S/C23H29BClNO4/c1-21(2)15-10-18(21)23(4)22(3,11-15)29-24(30-23)19(26-20(27)12-25)9-14-13-28-17-8-6-5-7-16(14)17/h5-8,13,15,18-19H,9-12H2,1-4H3,(H,26,27)/t15-,18-,19-,22+,23-/m0/s1. The monoisotopic (exact) mass is 429 g/mol. The number of hydrogen-bond donors (Lipinski definition) is 1. The van der Waals surface area contributed by atoms with Gasteiger partial charge in [0.1, 0.15) is 11.5 Å². The first-order chi connectivity index (χ1) is 14.2. The zero-order chi connectivity index (χ0) is 21.3. The lowest BCUT2D eigenvalue weighted by atomic mass is 9.41. The highest BCUT2D eigenvalue weighted by atomic mass is 35.5. The van der Waals surface area contributed by atoms with E-state index in [0.717, 1.165) is 23.0 Å². The lowest BCUT2D eigenvalue weighted by Crippen LogP contribution is -2.70. The molecule has 0 radical (unpaired) electrons. The minimum atomic E-state index is -0.532. The normalized spacial score (nSPS) is 35.0. The molecule has 160 valence electrons. The number of amides is 1. The first-order valence-corrected chi connectivity index (χ1v) is 11.4. The number of benzene rings is 1. The summed E-state index contributed by atoms with van der Waals surface area (Å²) in [7, 11) is -0.532. The van der Waals surface area contributed by atoms with Gasteiger partial charge in [-0.2, -0.15) is 0 Å². The van der Waals surface area contributed by atoms with Gasteiger partial charge in [0.05, 0.1) is 23.4 Å². The molecule has 2 bridgehead atoms. The molecular formula is C23H29BClNO4. The van der Waals surface area contributed by atoms with Gasteiger partial charge >= 0.3 is 7.12 Å². The van der Waals surface area contributed by atoms with Crippen molar-refractivity contribution in [1.29, 1.82) is 0 Å². The highest BCUT2D eigenvalue weighted by Gasteiger charge is 2.73. The summed E-state index contributed by atoms with van der Waals surface area (Å²) in [6.45, 7) is 9.06. The number of para-hydroxylation sites is 1. The molecule has 2 heterocycles. The Morgan fingerprint density at radius 3 is 2.77 bits per heavy atom. The highest BCUT2D eigenvalue weighted by Crippen LogP contribution is 2.69. The van der Waals surface area contributed by atoms with Crippen LogP contribution in [0.4, 0.5) is 0 Å². The van der Waals surface area contributed by atoms with Crippen LogP contribution in [0.1, 0.15) is 46.1 Å². The van der Waals surface area contributed by atoms with E-state index in [2.05, 4.69) is 33.0 Å². The van der Waals surface area contributed by atoms with E-state index in [9.17, 15) is 4.79 Å². The molecule has 1 saturated heterocycles. The van der Waals surface area contributed by atoms with E-state index in [4.69, 9.17) is 25.3 Å². The van der Waals surface area contributed by atoms with Crippen LogP contribution in [0.25, 0.3) is 11.0 Å². The van der Waals surface area contributed by atoms with Gasteiger partial charge in [-0.1, -0.05) is 32.0 Å². The number of fused-ring (bicyclic) bond motifs is 1. The van der Waals surface area contributed by atoms with Crippen molar-refractivity contribution in [2.75, 3.05) is 5.88 Å². The van der Waals surface area contributed by atoms with Gasteiger partial charge in [-0.15, -0.1) is 11.6 Å². The summed E-state index contributed by atoms with van der Waals surface area (Å²) >= 11 is 5.81. The van der Waals surface area contributed by atoms with Crippen LogP contribution in [0.5, 0.6) is 0 Å². The molecule has 1 aromatic carbocycles. The average molecular weight is 430 g/mol.